The quantitative estimate of drug-likeness (QED) is 0.639. The summed E-state index contributed by atoms with van der Waals surface area (Å²) in [5.41, 5.74) is 2.02. The zero-order valence-electron chi connectivity index (χ0n) is 13.7. The van der Waals surface area contributed by atoms with Gasteiger partial charge in [-0.05, 0) is 24.3 Å². The lowest BCUT2D eigenvalue weighted by Gasteiger charge is -2.20. The smallest absolute Gasteiger partial charge is 0.152 e. The highest BCUT2D eigenvalue weighted by Gasteiger charge is 2.12. The Morgan fingerprint density at radius 3 is 2.83 bits per heavy atom. The number of H-pyrrole nitrogens is 1. The van der Waals surface area contributed by atoms with E-state index in [0.717, 1.165) is 41.6 Å². The Morgan fingerprint density at radius 1 is 1.21 bits per heavy atom. The van der Waals surface area contributed by atoms with Crippen LogP contribution in [0.15, 0.2) is 65.7 Å². The van der Waals surface area contributed by atoms with Gasteiger partial charge in [-0.15, -0.1) is 6.58 Å². The number of nitrogens with one attached hydrogen (secondary N) is 1. The highest BCUT2D eigenvalue weighted by Crippen LogP contribution is 2.23. The normalized spacial score (nSPS) is 10.9. The highest BCUT2D eigenvalue weighted by atomic mass is 16.5. The maximum absolute atomic E-state index is 5.92. The number of hydrogen-bond donors (Lipinski definition) is 1. The van der Waals surface area contributed by atoms with Crippen LogP contribution in [0.3, 0.4) is 0 Å². The zero-order chi connectivity index (χ0) is 16.8. The van der Waals surface area contributed by atoms with Crippen molar-refractivity contribution >= 4 is 0 Å². The molecule has 1 aromatic carbocycles. The summed E-state index contributed by atoms with van der Waals surface area (Å²) in [5, 5.41) is 6.86. The number of hydrogen-bond acceptors (Lipinski definition) is 4. The van der Waals surface area contributed by atoms with Gasteiger partial charge >= 0.3 is 0 Å². The zero-order valence-corrected chi connectivity index (χ0v) is 13.7. The minimum Gasteiger partial charge on any atom is -0.496 e. The lowest BCUT2D eigenvalue weighted by Crippen LogP contribution is -2.22. The Balaban J connectivity index is 1.73. The molecule has 1 N–H and O–H groups in total. The first kappa shape index (κ1) is 16.1. The summed E-state index contributed by atoms with van der Waals surface area (Å²) in [5.74, 6) is 2.58. The van der Waals surface area contributed by atoms with Gasteiger partial charge in [-0.2, -0.15) is 5.10 Å². The molecule has 0 atom stereocenters. The third-order valence-electron chi connectivity index (χ3n) is 3.78. The van der Waals surface area contributed by atoms with Crippen LogP contribution in [-0.2, 0) is 13.1 Å². The average molecular weight is 323 g/mol. The van der Waals surface area contributed by atoms with Gasteiger partial charge in [0.25, 0.3) is 0 Å². The molecule has 0 fully saturated rings. The summed E-state index contributed by atoms with van der Waals surface area (Å²) in [7, 11) is 1.69. The molecule has 0 spiro atoms. The maximum Gasteiger partial charge on any atom is 0.152 e. The minimum atomic E-state index is 0.693. The fourth-order valence-electron chi connectivity index (χ4n) is 2.66. The number of para-hydroxylation sites is 1. The molecule has 5 heteroatoms. The van der Waals surface area contributed by atoms with Gasteiger partial charge in [0.2, 0.25) is 0 Å². The largest absolute Gasteiger partial charge is 0.496 e. The Labute approximate surface area is 141 Å². The van der Waals surface area contributed by atoms with Crippen LogP contribution in [0.4, 0.5) is 0 Å². The van der Waals surface area contributed by atoms with Crippen molar-refractivity contribution in [1.29, 1.82) is 0 Å². The molecule has 0 aliphatic heterocycles. The van der Waals surface area contributed by atoms with Gasteiger partial charge in [0.15, 0.2) is 5.76 Å². The van der Waals surface area contributed by atoms with Crippen LogP contribution < -0.4 is 4.74 Å². The van der Waals surface area contributed by atoms with E-state index in [1.54, 1.807) is 13.3 Å². The van der Waals surface area contributed by atoms with E-state index in [0.29, 0.717) is 6.54 Å². The Hall–Kier alpha value is -2.79. The second-order valence-electron chi connectivity index (χ2n) is 5.51. The molecular weight excluding hydrogens is 302 g/mol. The van der Waals surface area contributed by atoms with E-state index in [1.807, 2.05) is 42.5 Å². The second kappa shape index (κ2) is 7.66. The molecule has 24 heavy (non-hydrogen) atoms. The Morgan fingerprint density at radius 2 is 2.08 bits per heavy atom. The topological polar surface area (TPSA) is 54.3 Å². The molecule has 5 nitrogen and oxygen atoms in total. The molecule has 0 amide bonds. The first-order valence-electron chi connectivity index (χ1n) is 7.83. The number of furan rings is 1. The van der Waals surface area contributed by atoms with Gasteiger partial charge < -0.3 is 9.15 Å². The van der Waals surface area contributed by atoms with E-state index in [1.165, 1.54) is 0 Å². The number of ether oxygens (including phenoxy) is 1. The molecule has 3 aromatic rings. The minimum absolute atomic E-state index is 0.693. The fourth-order valence-corrected chi connectivity index (χ4v) is 2.66. The van der Waals surface area contributed by atoms with Crippen molar-refractivity contribution < 1.29 is 9.15 Å². The Kier molecular flexibility index (Phi) is 5.13. The molecule has 2 aromatic heterocycles. The summed E-state index contributed by atoms with van der Waals surface area (Å²) in [4.78, 5) is 2.25. The molecule has 124 valence electrons. The molecule has 0 bridgehead atoms. The lowest BCUT2D eigenvalue weighted by molar-refractivity contribution is 0.257. The van der Waals surface area contributed by atoms with E-state index < -0.39 is 0 Å². The number of rotatable bonds is 8. The summed E-state index contributed by atoms with van der Waals surface area (Å²) in [6, 6.07) is 13.9. The van der Waals surface area contributed by atoms with Crippen molar-refractivity contribution in [2.75, 3.05) is 13.7 Å². The molecule has 0 saturated heterocycles. The molecule has 0 saturated carbocycles. The Bertz CT molecular complexity index is 778. The molecule has 3 rings (SSSR count). The summed E-state index contributed by atoms with van der Waals surface area (Å²) >= 11 is 0. The van der Waals surface area contributed by atoms with Crippen molar-refractivity contribution in [2.45, 2.75) is 13.1 Å². The SMILES string of the molecule is C=CCN(Cc1ccc(-c2ccn[nH]2)o1)Cc1ccccc1OC. The number of benzene rings is 1. The third-order valence-corrected chi connectivity index (χ3v) is 3.78. The number of methoxy groups -OCH3 is 1. The summed E-state index contributed by atoms with van der Waals surface area (Å²) in [6.45, 7) is 6.07. The maximum atomic E-state index is 5.92. The second-order valence-corrected chi connectivity index (χ2v) is 5.51. The third kappa shape index (κ3) is 3.75. The monoisotopic (exact) mass is 323 g/mol. The van der Waals surface area contributed by atoms with Gasteiger partial charge in [-0.3, -0.25) is 10.00 Å². The van der Waals surface area contributed by atoms with E-state index >= 15 is 0 Å². The molecular formula is C19H21N3O2. The first-order chi connectivity index (χ1) is 11.8. The number of aromatic nitrogens is 2. The standard InChI is InChI=1S/C19H21N3O2/c1-3-12-22(13-15-6-4-5-7-18(15)23-2)14-16-8-9-19(24-16)17-10-11-20-21-17/h3-11H,1,12-14H2,2H3,(H,20,21). The molecule has 0 unspecified atom stereocenters. The average Bonchev–Trinajstić information content (AvgIpc) is 3.26. The fraction of sp³-hybridized carbons (Fsp3) is 0.211. The van der Waals surface area contributed by atoms with Gasteiger partial charge in [0.1, 0.15) is 17.2 Å². The molecule has 0 aliphatic rings. The van der Waals surface area contributed by atoms with Crippen LogP contribution >= 0.6 is 0 Å². The van der Waals surface area contributed by atoms with Crippen molar-refractivity contribution in [3.05, 3.63) is 72.6 Å². The van der Waals surface area contributed by atoms with Crippen LogP contribution in [0.5, 0.6) is 5.75 Å². The van der Waals surface area contributed by atoms with Crippen LogP contribution in [-0.4, -0.2) is 28.8 Å². The number of aromatic amines is 1. The van der Waals surface area contributed by atoms with Crippen LogP contribution in [0, 0.1) is 0 Å². The van der Waals surface area contributed by atoms with Crippen molar-refractivity contribution in [1.82, 2.24) is 15.1 Å². The molecule has 0 radical (unpaired) electrons. The van der Waals surface area contributed by atoms with E-state index in [2.05, 4.69) is 27.7 Å². The van der Waals surface area contributed by atoms with Crippen LogP contribution in [0.25, 0.3) is 11.5 Å². The number of nitrogens with zero attached hydrogens (tertiary/aromatic N) is 2. The van der Waals surface area contributed by atoms with Gasteiger partial charge in [-0.1, -0.05) is 24.3 Å². The van der Waals surface area contributed by atoms with Gasteiger partial charge in [0, 0.05) is 24.8 Å². The molecule has 0 aliphatic carbocycles. The predicted molar refractivity (Wildman–Crippen MR) is 93.6 cm³/mol. The van der Waals surface area contributed by atoms with Crippen LogP contribution in [0.2, 0.25) is 0 Å². The first-order valence-corrected chi connectivity index (χ1v) is 7.83. The van der Waals surface area contributed by atoms with Gasteiger partial charge in [-0.25, -0.2) is 0 Å². The molecule has 2 heterocycles. The summed E-state index contributed by atoms with van der Waals surface area (Å²) < 4.78 is 11.4. The van der Waals surface area contributed by atoms with E-state index in [4.69, 9.17) is 9.15 Å². The lowest BCUT2D eigenvalue weighted by atomic mass is 10.2. The summed E-state index contributed by atoms with van der Waals surface area (Å²) in [6.07, 6.45) is 3.61. The van der Waals surface area contributed by atoms with E-state index in [9.17, 15) is 0 Å². The van der Waals surface area contributed by atoms with E-state index in [-0.39, 0.29) is 0 Å². The van der Waals surface area contributed by atoms with Crippen molar-refractivity contribution in [2.24, 2.45) is 0 Å². The van der Waals surface area contributed by atoms with Crippen molar-refractivity contribution in [3.63, 3.8) is 0 Å². The highest BCUT2D eigenvalue weighted by molar-refractivity contribution is 5.51. The van der Waals surface area contributed by atoms with Crippen LogP contribution in [0.1, 0.15) is 11.3 Å². The van der Waals surface area contributed by atoms with Crippen molar-refractivity contribution in [3.8, 4) is 17.2 Å². The van der Waals surface area contributed by atoms with Gasteiger partial charge in [0.05, 0.1) is 13.7 Å². The predicted octanol–water partition coefficient (Wildman–Crippen LogP) is 3.87.